The Morgan fingerprint density at radius 3 is 2.24 bits per heavy atom. The summed E-state index contributed by atoms with van der Waals surface area (Å²) in [6.45, 7) is 9.09. The molecular formula is C23H28N4OS. The van der Waals surface area contributed by atoms with Gasteiger partial charge in [-0.1, -0.05) is 73.6 Å². The van der Waals surface area contributed by atoms with E-state index in [1.807, 2.05) is 0 Å². The molecule has 0 spiro atoms. The quantitative estimate of drug-likeness (QED) is 0.525. The maximum absolute atomic E-state index is 12.6. The number of hydrogen-bond acceptors (Lipinski definition) is 4. The SMILES string of the molecule is CCc1cccc(CC)c1NC(=O)CSc1nnc(-c2ccc(C)cc2)n1CC. The van der Waals surface area contributed by atoms with Crippen LogP contribution >= 0.6 is 11.8 Å². The van der Waals surface area contributed by atoms with Crippen LogP contribution < -0.4 is 5.32 Å². The summed E-state index contributed by atoms with van der Waals surface area (Å²) in [7, 11) is 0. The molecule has 29 heavy (non-hydrogen) atoms. The number of benzene rings is 2. The molecule has 0 bridgehead atoms. The maximum atomic E-state index is 12.6. The number of aryl methyl sites for hydroxylation is 3. The standard InChI is InChI=1S/C23H28N4OS/c1-5-17-9-8-10-18(6-2)21(17)24-20(28)15-29-23-26-25-22(27(23)7-3)19-13-11-16(4)12-14-19/h8-14H,5-7,15H2,1-4H3,(H,24,28). The second-order valence-electron chi connectivity index (χ2n) is 6.91. The summed E-state index contributed by atoms with van der Waals surface area (Å²) in [5.41, 5.74) is 5.54. The van der Waals surface area contributed by atoms with Crippen LogP contribution in [-0.4, -0.2) is 26.4 Å². The Balaban J connectivity index is 1.72. The molecule has 5 nitrogen and oxygen atoms in total. The van der Waals surface area contributed by atoms with E-state index < -0.39 is 0 Å². The third-order valence-electron chi connectivity index (χ3n) is 4.94. The minimum atomic E-state index is -0.0202. The van der Waals surface area contributed by atoms with E-state index in [4.69, 9.17) is 0 Å². The smallest absolute Gasteiger partial charge is 0.234 e. The second kappa shape index (κ2) is 9.74. The van der Waals surface area contributed by atoms with Crippen molar-refractivity contribution < 1.29 is 4.79 Å². The minimum Gasteiger partial charge on any atom is -0.325 e. The summed E-state index contributed by atoms with van der Waals surface area (Å²) in [4.78, 5) is 12.6. The first-order valence-electron chi connectivity index (χ1n) is 10.1. The third-order valence-corrected chi connectivity index (χ3v) is 5.91. The molecule has 1 amide bonds. The molecule has 6 heteroatoms. The Morgan fingerprint density at radius 2 is 1.66 bits per heavy atom. The van der Waals surface area contributed by atoms with E-state index in [2.05, 4.69) is 90.2 Å². The van der Waals surface area contributed by atoms with Crippen molar-refractivity contribution in [1.29, 1.82) is 0 Å². The van der Waals surface area contributed by atoms with Crippen LogP contribution in [-0.2, 0) is 24.2 Å². The molecule has 0 aliphatic heterocycles. The van der Waals surface area contributed by atoms with Crippen molar-refractivity contribution in [2.75, 3.05) is 11.1 Å². The van der Waals surface area contributed by atoms with Crippen molar-refractivity contribution in [3.05, 3.63) is 59.2 Å². The van der Waals surface area contributed by atoms with E-state index in [-0.39, 0.29) is 5.91 Å². The number of carbonyl (C=O) groups excluding carboxylic acids is 1. The molecule has 1 heterocycles. The Morgan fingerprint density at radius 1 is 1.00 bits per heavy atom. The van der Waals surface area contributed by atoms with Gasteiger partial charge in [-0.2, -0.15) is 0 Å². The summed E-state index contributed by atoms with van der Waals surface area (Å²) in [6, 6.07) is 14.5. The van der Waals surface area contributed by atoms with Crippen molar-refractivity contribution in [3.8, 4) is 11.4 Å². The van der Waals surface area contributed by atoms with Crippen LogP contribution in [0.3, 0.4) is 0 Å². The van der Waals surface area contributed by atoms with Gasteiger partial charge in [0.25, 0.3) is 0 Å². The molecule has 1 N–H and O–H groups in total. The van der Waals surface area contributed by atoms with Crippen LogP contribution in [0.25, 0.3) is 11.4 Å². The van der Waals surface area contributed by atoms with E-state index in [1.165, 1.54) is 28.5 Å². The number of hydrogen-bond donors (Lipinski definition) is 1. The van der Waals surface area contributed by atoms with Crippen LogP contribution in [0.5, 0.6) is 0 Å². The second-order valence-corrected chi connectivity index (χ2v) is 7.85. The molecule has 0 saturated heterocycles. The number of thioether (sulfide) groups is 1. The highest BCUT2D eigenvalue weighted by Crippen LogP contribution is 2.26. The first-order valence-corrected chi connectivity index (χ1v) is 11.1. The molecule has 0 saturated carbocycles. The lowest BCUT2D eigenvalue weighted by atomic mass is 10.0. The molecule has 3 rings (SSSR count). The fraction of sp³-hybridized carbons (Fsp3) is 0.348. The minimum absolute atomic E-state index is 0.0202. The van der Waals surface area contributed by atoms with Crippen LogP contribution in [0.2, 0.25) is 0 Å². The molecule has 0 unspecified atom stereocenters. The van der Waals surface area contributed by atoms with Crippen molar-refractivity contribution >= 4 is 23.4 Å². The van der Waals surface area contributed by atoms with Gasteiger partial charge in [-0.3, -0.25) is 4.79 Å². The highest BCUT2D eigenvalue weighted by Gasteiger charge is 2.16. The number of anilines is 1. The van der Waals surface area contributed by atoms with Gasteiger partial charge >= 0.3 is 0 Å². The van der Waals surface area contributed by atoms with Gasteiger partial charge in [-0.25, -0.2) is 0 Å². The summed E-state index contributed by atoms with van der Waals surface area (Å²) in [5, 5.41) is 12.6. The van der Waals surface area contributed by atoms with Crippen molar-refractivity contribution in [2.24, 2.45) is 0 Å². The van der Waals surface area contributed by atoms with Gasteiger partial charge in [-0.05, 0) is 37.8 Å². The van der Waals surface area contributed by atoms with Crippen LogP contribution in [0, 0.1) is 6.92 Å². The van der Waals surface area contributed by atoms with Crippen LogP contribution in [0.15, 0.2) is 47.6 Å². The lowest BCUT2D eigenvalue weighted by Crippen LogP contribution is -2.17. The van der Waals surface area contributed by atoms with Crippen LogP contribution in [0.4, 0.5) is 5.69 Å². The third kappa shape index (κ3) is 4.88. The highest BCUT2D eigenvalue weighted by molar-refractivity contribution is 7.99. The number of nitrogens with one attached hydrogen (secondary N) is 1. The zero-order valence-corrected chi connectivity index (χ0v) is 18.3. The molecule has 152 valence electrons. The molecule has 0 aliphatic rings. The van der Waals surface area contributed by atoms with Gasteiger partial charge in [-0.15, -0.1) is 10.2 Å². The summed E-state index contributed by atoms with van der Waals surface area (Å²) >= 11 is 1.42. The van der Waals surface area contributed by atoms with Gasteiger partial charge < -0.3 is 9.88 Å². The van der Waals surface area contributed by atoms with Crippen LogP contribution in [0.1, 0.15) is 37.5 Å². The molecule has 0 radical (unpaired) electrons. The first kappa shape index (κ1) is 21.1. The molecule has 0 atom stereocenters. The summed E-state index contributed by atoms with van der Waals surface area (Å²) in [6.07, 6.45) is 1.78. The van der Waals surface area contributed by atoms with Gasteiger partial charge in [0.2, 0.25) is 5.91 Å². The Hall–Kier alpha value is -2.60. The lowest BCUT2D eigenvalue weighted by Gasteiger charge is -2.14. The number of para-hydroxylation sites is 1. The van der Waals surface area contributed by atoms with E-state index in [9.17, 15) is 4.79 Å². The fourth-order valence-electron chi connectivity index (χ4n) is 3.31. The number of rotatable bonds is 8. The highest BCUT2D eigenvalue weighted by atomic mass is 32.2. The molecule has 0 aliphatic carbocycles. The van der Waals surface area contributed by atoms with Gasteiger partial charge in [0.05, 0.1) is 5.75 Å². The largest absolute Gasteiger partial charge is 0.325 e. The molecule has 3 aromatic rings. The Labute approximate surface area is 176 Å². The predicted octanol–water partition coefficient (Wildman–Crippen LogP) is 5.13. The van der Waals surface area contributed by atoms with Gasteiger partial charge in [0.15, 0.2) is 11.0 Å². The van der Waals surface area contributed by atoms with Crippen molar-refractivity contribution in [3.63, 3.8) is 0 Å². The lowest BCUT2D eigenvalue weighted by molar-refractivity contribution is -0.113. The number of amides is 1. The average molecular weight is 409 g/mol. The first-order chi connectivity index (χ1) is 14.1. The fourth-order valence-corrected chi connectivity index (χ4v) is 4.11. The normalized spacial score (nSPS) is 10.9. The number of carbonyl (C=O) groups is 1. The van der Waals surface area contributed by atoms with Gasteiger partial charge in [0, 0.05) is 17.8 Å². The summed E-state index contributed by atoms with van der Waals surface area (Å²) in [5.74, 6) is 1.11. The maximum Gasteiger partial charge on any atom is 0.234 e. The molecular weight excluding hydrogens is 380 g/mol. The zero-order valence-electron chi connectivity index (χ0n) is 17.5. The molecule has 1 aromatic heterocycles. The summed E-state index contributed by atoms with van der Waals surface area (Å²) < 4.78 is 2.06. The monoisotopic (exact) mass is 408 g/mol. The van der Waals surface area contributed by atoms with Gasteiger partial charge in [0.1, 0.15) is 0 Å². The average Bonchev–Trinajstić information content (AvgIpc) is 3.15. The van der Waals surface area contributed by atoms with E-state index in [0.717, 1.165) is 41.6 Å². The van der Waals surface area contributed by atoms with E-state index in [0.29, 0.717) is 5.75 Å². The van der Waals surface area contributed by atoms with E-state index >= 15 is 0 Å². The topological polar surface area (TPSA) is 59.8 Å². The number of aromatic nitrogens is 3. The number of nitrogens with zero attached hydrogens (tertiary/aromatic N) is 3. The van der Waals surface area contributed by atoms with Crippen molar-refractivity contribution in [1.82, 2.24) is 14.8 Å². The molecule has 0 fully saturated rings. The predicted molar refractivity (Wildman–Crippen MR) is 120 cm³/mol. The van der Waals surface area contributed by atoms with E-state index in [1.54, 1.807) is 0 Å². The zero-order chi connectivity index (χ0) is 20.8. The van der Waals surface area contributed by atoms with Crippen molar-refractivity contribution in [2.45, 2.75) is 52.2 Å². The molecule has 2 aromatic carbocycles. The Kier molecular flexibility index (Phi) is 7.09. The Bertz CT molecular complexity index is 957.